The summed E-state index contributed by atoms with van der Waals surface area (Å²) in [4.78, 5) is 5.26. The Hall–Kier alpha value is -0.630. The minimum Gasteiger partial charge on any atom is -0.303 e. The summed E-state index contributed by atoms with van der Waals surface area (Å²) < 4.78 is 0. The van der Waals surface area contributed by atoms with E-state index < -0.39 is 0 Å². The average molecular weight is 278 g/mol. The molecular weight excluding hydrogens is 248 g/mol. The first kappa shape index (κ1) is 15.8. The number of hydrogen-bond acceptors (Lipinski definition) is 4. The monoisotopic (exact) mass is 278 g/mol. The van der Waals surface area contributed by atoms with Gasteiger partial charge >= 0.3 is 0 Å². The molecule has 0 amide bonds. The van der Waals surface area contributed by atoms with Gasteiger partial charge in [-0.2, -0.15) is 5.26 Å². The van der Waals surface area contributed by atoms with Gasteiger partial charge in [0.2, 0.25) is 0 Å². The molecule has 20 heavy (non-hydrogen) atoms. The lowest BCUT2D eigenvalue weighted by Crippen LogP contribution is -2.47. The fourth-order valence-electron chi connectivity index (χ4n) is 3.56. The van der Waals surface area contributed by atoms with E-state index in [-0.39, 0.29) is 6.04 Å². The summed E-state index contributed by atoms with van der Waals surface area (Å²) in [6, 6.07) is 3.21. The predicted molar refractivity (Wildman–Crippen MR) is 82.6 cm³/mol. The van der Waals surface area contributed by atoms with Gasteiger partial charge in [-0.25, -0.2) is 0 Å². The number of hydrogen-bond donors (Lipinski definition) is 1. The fourth-order valence-corrected chi connectivity index (χ4v) is 3.56. The molecular formula is C16H30N4. The third-order valence-electron chi connectivity index (χ3n) is 4.80. The van der Waals surface area contributed by atoms with Gasteiger partial charge in [0.15, 0.2) is 0 Å². The van der Waals surface area contributed by atoms with Crippen LogP contribution in [-0.4, -0.2) is 61.2 Å². The van der Waals surface area contributed by atoms with Crippen LogP contribution >= 0.6 is 0 Å². The second-order valence-electron chi connectivity index (χ2n) is 6.20. The summed E-state index contributed by atoms with van der Waals surface area (Å²) in [5.74, 6) is 0. The molecule has 2 fully saturated rings. The van der Waals surface area contributed by atoms with Gasteiger partial charge in [-0.3, -0.25) is 0 Å². The molecule has 2 rings (SSSR count). The Balaban J connectivity index is 1.65. The van der Waals surface area contributed by atoms with E-state index in [1.807, 2.05) is 0 Å². The summed E-state index contributed by atoms with van der Waals surface area (Å²) >= 11 is 0. The van der Waals surface area contributed by atoms with Crippen LogP contribution in [0.3, 0.4) is 0 Å². The van der Waals surface area contributed by atoms with Crippen molar-refractivity contribution in [1.29, 1.82) is 5.26 Å². The molecule has 2 heterocycles. The van der Waals surface area contributed by atoms with Crippen molar-refractivity contribution in [3.8, 4) is 6.07 Å². The third kappa shape index (κ3) is 4.73. The molecule has 2 saturated heterocycles. The highest BCUT2D eigenvalue weighted by Crippen LogP contribution is 2.20. The van der Waals surface area contributed by atoms with Crippen LogP contribution in [-0.2, 0) is 0 Å². The normalized spacial score (nSPS) is 24.4. The van der Waals surface area contributed by atoms with E-state index in [0.717, 1.165) is 25.6 Å². The van der Waals surface area contributed by atoms with Crippen LogP contribution in [0.2, 0.25) is 0 Å². The van der Waals surface area contributed by atoms with Crippen LogP contribution in [0.25, 0.3) is 0 Å². The number of nitriles is 1. The van der Waals surface area contributed by atoms with Gasteiger partial charge in [-0.15, -0.1) is 0 Å². The highest BCUT2D eigenvalue weighted by Gasteiger charge is 2.25. The quantitative estimate of drug-likeness (QED) is 0.805. The lowest BCUT2D eigenvalue weighted by atomic mass is 9.99. The van der Waals surface area contributed by atoms with Gasteiger partial charge in [-0.1, -0.05) is 13.3 Å². The Morgan fingerprint density at radius 3 is 2.45 bits per heavy atom. The van der Waals surface area contributed by atoms with Crippen LogP contribution < -0.4 is 5.32 Å². The molecule has 1 unspecified atom stereocenters. The molecule has 0 aromatic heterocycles. The largest absolute Gasteiger partial charge is 0.303 e. The molecule has 1 atom stereocenters. The van der Waals surface area contributed by atoms with E-state index in [9.17, 15) is 0 Å². The van der Waals surface area contributed by atoms with Crippen molar-refractivity contribution in [2.75, 3.05) is 39.3 Å². The number of piperidine rings is 2. The predicted octanol–water partition coefficient (Wildman–Crippen LogP) is 1.83. The molecule has 0 bridgehead atoms. The Morgan fingerprint density at radius 2 is 1.85 bits per heavy atom. The lowest BCUT2D eigenvalue weighted by molar-refractivity contribution is 0.0915. The molecule has 2 aliphatic rings. The molecule has 0 aromatic carbocycles. The summed E-state index contributed by atoms with van der Waals surface area (Å²) in [5.41, 5.74) is 0. The highest BCUT2D eigenvalue weighted by atomic mass is 15.2. The van der Waals surface area contributed by atoms with Crippen molar-refractivity contribution in [2.24, 2.45) is 0 Å². The van der Waals surface area contributed by atoms with E-state index in [0.29, 0.717) is 0 Å². The van der Waals surface area contributed by atoms with Gasteiger partial charge in [0.25, 0.3) is 0 Å². The van der Waals surface area contributed by atoms with E-state index in [4.69, 9.17) is 5.26 Å². The first-order valence-electron chi connectivity index (χ1n) is 8.43. The van der Waals surface area contributed by atoms with Gasteiger partial charge in [0.1, 0.15) is 0 Å². The van der Waals surface area contributed by atoms with Crippen molar-refractivity contribution in [3.63, 3.8) is 0 Å². The van der Waals surface area contributed by atoms with Crippen LogP contribution in [0.5, 0.6) is 0 Å². The number of likely N-dealkylation sites (tertiary alicyclic amines) is 2. The average Bonchev–Trinajstić information content (AvgIpc) is 2.53. The Labute approximate surface area is 124 Å². The molecule has 0 aromatic rings. The molecule has 0 spiro atoms. The van der Waals surface area contributed by atoms with Crippen LogP contribution in [0.15, 0.2) is 0 Å². The molecule has 1 N–H and O–H groups in total. The van der Waals surface area contributed by atoms with E-state index >= 15 is 0 Å². The molecule has 4 nitrogen and oxygen atoms in total. The first-order valence-corrected chi connectivity index (χ1v) is 8.43. The summed E-state index contributed by atoms with van der Waals surface area (Å²) in [6.45, 7) is 9.09. The van der Waals surface area contributed by atoms with E-state index in [1.165, 1.54) is 58.3 Å². The Morgan fingerprint density at radius 1 is 1.15 bits per heavy atom. The SMILES string of the molecule is CCNC(C#N)CCN1CCC(N2CCCCC2)CC1. The smallest absolute Gasteiger partial charge is 0.0965 e. The van der Waals surface area contributed by atoms with Crippen LogP contribution in [0, 0.1) is 11.3 Å². The minimum absolute atomic E-state index is 0.0276. The Bertz CT molecular complexity index is 298. The zero-order valence-electron chi connectivity index (χ0n) is 13.0. The molecule has 0 aliphatic carbocycles. The molecule has 0 radical (unpaired) electrons. The van der Waals surface area contributed by atoms with Crippen molar-refractivity contribution in [2.45, 2.75) is 57.5 Å². The van der Waals surface area contributed by atoms with Crippen LogP contribution in [0.1, 0.15) is 45.4 Å². The molecule has 114 valence electrons. The van der Waals surface area contributed by atoms with Gasteiger partial charge in [0, 0.05) is 12.6 Å². The minimum atomic E-state index is 0.0276. The van der Waals surface area contributed by atoms with Gasteiger partial charge in [0.05, 0.1) is 12.1 Å². The van der Waals surface area contributed by atoms with Crippen molar-refractivity contribution in [1.82, 2.24) is 15.1 Å². The van der Waals surface area contributed by atoms with Crippen molar-refractivity contribution < 1.29 is 0 Å². The maximum Gasteiger partial charge on any atom is 0.0965 e. The second kappa shape index (κ2) is 8.61. The standard InChI is InChI=1S/C16H30N4/c1-2-18-15(14-17)6-11-19-12-7-16(8-13-19)20-9-4-3-5-10-20/h15-16,18H,2-13H2,1H3. The first-order chi connectivity index (χ1) is 9.83. The zero-order chi connectivity index (χ0) is 14.2. The maximum atomic E-state index is 9.06. The fraction of sp³-hybridized carbons (Fsp3) is 0.938. The van der Waals surface area contributed by atoms with E-state index in [2.05, 4.69) is 28.1 Å². The Kier molecular flexibility index (Phi) is 6.78. The van der Waals surface area contributed by atoms with Crippen LogP contribution in [0.4, 0.5) is 0 Å². The summed E-state index contributed by atoms with van der Waals surface area (Å²) in [5, 5.41) is 12.3. The topological polar surface area (TPSA) is 42.3 Å². The maximum absolute atomic E-state index is 9.06. The number of nitrogens with zero attached hydrogens (tertiary/aromatic N) is 3. The van der Waals surface area contributed by atoms with E-state index in [1.54, 1.807) is 0 Å². The van der Waals surface area contributed by atoms with Gasteiger partial charge < -0.3 is 15.1 Å². The number of nitrogens with one attached hydrogen (secondary N) is 1. The van der Waals surface area contributed by atoms with Crippen molar-refractivity contribution in [3.05, 3.63) is 0 Å². The molecule has 2 aliphatic heterocycles. The lowest BCUT2D eigenvalue weighted by Gasteiger charge is -2.40. The van der Waals surface area contributed by atoms with Gasteiger partial charge in [-0.05, 0) is 64.8 Å². The summed E-state index contributed by atoms with van der Waals surface area (Å²) in [6.07, 6.45) is 7.81. The highest BCUT2D eigenvalue weighted by molar-refractivity contribution is 4.90. The molecule has 4 heteroatoms. The number of rotatable bonds is 6. The summed E-state index contributed by atoms with van der Waals surface area (Å²) in [7, 11) is 0. The third-order valence-corrected chi connectivity index (χ3v) is 4.80. The second-order valence-corrected chi connectivity index (χ2v) is 6.20. The molecule has 0 saturated carbocycles. The van der Waals surface area contributed by atoms with Crippen molar-refractivity contribution >= 4 is 0 Å². The zero-order valence-corrected chi connectivity index (χ0v) is 13.0.